The Kier molecular flexibility index (Phi) is 3.25. The first-order valence-electron chi connectivity index (χ1n) is 6.63. The van der Waals surface area contributed by atoms with Crippen LogP contribution in [0, 0.1) is 0 Å². The Hall–Kier alpha value is -1.81. The van der Waals surface area contributed by atoms with Crippen LogP contribution in [-0.2, 0) is 20.1 Å². The van der Waals surface area contributed by atoms with Crippen molar-refractivity contribution in [2.24, 2.45) is 7.05 Å². The molecular formula is C15H18N2O2. The van der Waals surface area contributed by atoms with Crippen LogP contribution >= 0.6 is 0 Å². The molecule has 1 aromatic heterocycles. The molecule has 4 nitrogen and oxygen atoms in total. The molecule has 1 atom stereocenters. The summed E-state index contributed by atoms with van der Waals surface area (Å²) in [6.07, 6.45) is 6.35. The number of hydrogen-bond acceptors (Lipinski definition) is 3. The fraction of sp³-hybridized carbons (Fsp3) is 0.400. The number of rotatable bonds is 3. The second-order valence-corrected chi connectivity index (χ2v) is 5.08. The second-order valence-electron chi connectivity index (χ2n) is 5.08. The van der Waals surface area contributed by atoms with Gasteiger partial charge < -0.3 is 9.84 Å². The highest BCUT2D eigenvalue weighted by Crippen LogP contribution is 2.32. The zero-order chi connectivity index (χ0) is 13.2. The fourth-order valence-electron chi connectivity index (χ4n) is 2.56. The number of aliphatic hydroxyl groups excluding tert-OH is 1. The van der Waals surface area contributed by atoms with Gasteiger partial charge in [-0.25, -0.2) is 0 Å². The molecule has 0 fully saturated rings. The van der Waals surface area contributed by atoms with Crippen LogP contribution in [0.25, 0.3) is 0 Å². The SMILES string of the molecule is Cn1cc(COc2ccc3c(c2)C(O)CCC3)cn1. The lowest BCUT2D eigenvalue weighted by Gasteiger charge is -2.21. The summed E-state index contributed by atoms with van der Waals surface area (Å²) in [6, 6.07) is 6.01. The van der Waals surface area contributed by atoms with Crippen LogP contribution in [0.2, 0.25) is 0 Å². The van der Waals surface area contributed by atoms with Gasteiger partial charge >= 0.3 is 0 Å². The normalized spacial score (nSPS) is 18.1. The number of hydrogen-bond donors (Lipinski definition) is 1. The number of aromatic nitrogens is 2. The van der Waals surface area contributed by atoms with Crippen molar-refractivity contribution in [3.8, 4) is 5.75 Å². The fourth-order valence-corrected chi connectivity index (χ4v) is 2.56. The van der Waals surface area contributed by atoms with Gasteiger partial charge in [-0.2, -0.15) is 5.10 Å². The summed E-state index contributed by atoms with van der Waals surface area (Å²) in [7, 11) is 1.89. The van der Waals surface area contributed by atoms with Gasteiger partial charge in [-0.3, -0.25) is 4.68 Å². The first-order chi connectivity index (χ1) is 9.22. The third kappa shape index (κ3) is 2.63. The van der Waals surface area contributed by atoms with Gasteiger partial charge in [-0.15, -0.1) is 0 Å². The average Bonchev–Trinajstić information content (AvgIpc) is 2.83. The van der Waals surface area contributed by atoms with Crippen molar-refractivity contribution >= 4 is 0 Å². The first kappa shape index (κ1) is 12.2. The molecule has 1 aliphatic rings. The Morgan fingerprint density at radius 2 is 2.37 bits per heavy atom. The zero-order valence-electron chi connectivity index (χ0n) is 11.0. The van der Waals surface area contributed by atoms with Gasteiger partial charge in [0.05, 0.1) is 12.3 Å². The molecule has 1 heterocycles. The molecule has 0 spiro atoms. The molecule has 1 aromatic carbocycles. The Balaban J connectivity index is 1.73. The summed E-state index contributed by atoms with van der Waals surface area (Å²) in [5, 5.41) is 14.1. The molecule has 4 heteroatoms. The van der Waals surface area contributed by atoms with E-state index in [0.717, 1.165) is 36.1 Å². The van der Waals surface area contributed by atoms with E-state index < -0.39 is 0 Å². The Bertz CT molecular complexity index is 577. The minimum Gasteiger partial charge on any atom is -0.489 e. The molecule has 0 bridgehead atoms. The highest BCUT2D eigenvalue weighted by atomic mass is 16.5. The lowest BCUT2D eigenvalue weighted by Crippen LogP contribution is -2.09. The average molecular weight is 258 g/mol. The molecule has 1 aliphatic carbocycles. The highest BCUT2D eigenvalue weighted by molar-refractivity contribution is 5.38. The quantitative estimate of drug-likeness (QED) is 0.919. The second kappa shape index (κ2) is 5.05. The van der Waals surface area contributed by atoms with Gasteiger partial charge in [-0.1, -0.05) is 6.07 Å². The molecule has 3 rings (SSSR count). The van der Waals surface area contributed by atoms with Gasteiger partial charge in [0, 0.05) is 18.8 Å². The van der Waals surface area contributed by atoms with Gasteiger partial charge in [0.1, 0.15) is 12.4 Å². The maximum Gasteiger partial charge on any atom is 0.120 e. The summed E-state index contributed by atoms with van der Waals surface area (Å²) >= 11 is 0. The number of ether oxygens (including phenoxy) is 1. The number of aliphatic hydroxyl groups is 1. The van der Waals surface area contributed by atoms with Crippen LogP contribution in [0.1, 0.15) is 35.6 Å². The maximum atomic E-state index is 10.0. The van der Waals surface area contributed by atoms with Crippen molar-refractivity contribution in [2.45, 2.75) is 32.0 Å². The Labute approximate surface area is 112 Å². The van der Waals surface area contributed by atoms with Gasteiger partial charge in [-0.05, 0) is 42.5 Å². The van der Waals surface area contributed by atoms with Crippen molar-refractivity contribution in [3.63, 3.8) is 0 Å². The molecule has 0 saturated heterocycles. The molecule has 100 valence electrons. The summed E-state index contributed by atoms with van der Waals surface area (Å²) in [6.45, 7) is 0.503. The van der Waals surface area contributed by atoms with E-state index in [0.29, 0.717) is 6.61 Å². The number of aryl methyl sites for hydroxylation is 2. The van der Waals surface area contributed by atoms with E-state index >= 15 is 0 Å². The van der Waals surface area contributed by atoms with Crippen molar-refractivity contribution in [2.75, 3.05) is 0 Å². The summed E-state index contributed by atoms with van der Waals surface area (Å²) in [5.41, 5.74) is 3.31. The van der Waals surface area contributed by atoms with E-state index in [1.165, 1.54) is 5.56 Å². The largest absolute Gasteiger partial charge is 0.489 e. The van der Waals surface area contributed by atoms with Crippen molar-refractivity contribution in [1.29, 1.82) is 0 Å². The summed E-state index contributed by atoms with van der Waals surface area (Å²) < 4.78 is 7.51. The smallest absolute Gasteiger partial charge is 0.120 e. The molecule has 2 aromatic rings. The third-order valence-corrected chi connectivity index (χ3v) is 3.56. The minimum atomic E-state index is -0.342. The van der Waals surface area contributed by atoms with Gasteiger partial charge in [0.2, 0.25) is 0 Å². The molecule has 1 unspecified atom stereocenters. The van der Waals surface area contributed by atoms with E-state index in [2.05, 4.69) is 11.2 Å². The van der Waals surface area contributed by atoms with Crippen molar-refractivity contribution in [3.05, 3.63) is 47.3 Å². The van der Waals surface area contributed by atoms with Crippen LogP contribution in [0.5, 0.6) is 5.75 Å². The molecule has 0 aliphatic heterocycles. The lowest BCUT2D eigenvalue weighted by atomic mass is 9.89. The first-order valence-corrected chi connectivity index (χ1v) is 6.63. The molecule has 19 heavy (non-hydrogen) atoms. The van der Waals surface area contributed by atoms with E-state index in [9.17, 15) is 5.11 Å². The van der Waals surface area contributed by atoms with E-state index in [4.69, 9.17) is 4.74 Å². The van der Waals surface area contributed by atoms with Crippen LogP contribution in [-0.4, -0.2) is 14.9 Å². The maximum absolute atomic E-state index is 10.0. The number of nitrogens with zero attached hydrogens (tertiary/aromatic N) is 2. The van der Waals surface area contributed by atoms with Crippen LogP contribution in [0.3, 0.4) is 0 Å². The number of fused-ring (bicyclic) bond motifs is 1. The lowest BCUT2D eigenvalue weighted by molar-refractivity contribution is 0.156. The summed E-state index contributed by atoms with van der Waals surface area (Å²) in [5.74, 6) is 0.809. The number of benzene rings is 1. The van der Waals surface area contributed by atoms with Crippen molar-refractivity contribution < 1.29 is 9.84 Å². The van der Waals surface area contributed by atoms with Crippen molar-refractivity contribution in [1.82, 2.24) is 9.78 Å². The molecule has 1 N–H and O–H groups in total. The minimum absolute atomic E-state index is 0.342. The van der Waals surface area contributed by atoms with E-state index in [-0.39, 0.29) is 6.10 Å². The van der Waals surface area contributed by atoms with Crippen LogP contribution in [0.15, 0.2) is 30.6 Å². The summed E-state index contributed by atoms with van der Waals surface area (Å²) in [4.78, 5) is 0. The third-order valence-electron chi connectivity index (χ3n) is 3.56. The van der Waals surface area contributed by atoms with Gasteiger partial charge in [0.25, 0.3) is 0 Å². The molecule has 0 radical (unpaired) electrons. The topological polar surface area (TPSA) is 47.3 Å². The van der Waals surface area contributed by atoms with Crippen LogP contribution in [0.4, 0.5) is 0 Å². The predicted octanol–water partition coefficient (Wildman–Crippen LogP) is 2.37. The van der Waals surface area contributed by atoms with E-state index in [1.807, 2.05) is 25.4 Å². The zero-order valence-corrected chi connectivity index (χ0v) is 11.0. The standard InChI is InChI=1S/C15H18N2O2/c1-17-9-11(8-16-17)10-19-13-6-5-12-3-2-4-15(18)14(12)7-13/h5-9,15,18H,2-4,10H2,1H3. The Morgan fingerprint density at radius 1 is 1.47 bits per heavy atom. The van der Waals surface area contributed by atoms with Gasteiger partial charge in [0.15, 0.2) is 0 Å². The monoisotopic (exact) mass is 258 g/mol. The van der Waals surface area contributed by atoms with Crippen LogP contribution < -0.4 is 4.74 Å². The molecule has 0 amide bonds. The highest BCUT2D eigenvalue weighted by Gasteiger charge is 2.18. The molecule has 0 saturated carbocycles. The molecular weight excluding hydrogens is 240 g/mol. The van der Waals surface area contributed by atoms with E-state index in [1.54, 1.807) is 10.9 Å². The predicted molar refractivity (Wildman–Crippen MR) is 71.9 cm³/mol. The Morgan fingerprint density at radius 3 is 3.16 bits per heavy atom.